The second-order valence-electron chi connectivity index (χ2n) is 8.71. The van der Waals surface area contributed by atoms with Gasteiger partial charge in [0.15, 0.2) is 23.0 Å². The fourth-order valence-corrected chi connectivity index (χ4v) is 3.89. The van der Waals surface area contributed by atoms with E-state index in [2.05, 4.69) is 57.3 Å². The monoisotopic (exact) mass is 591 g/mol. The van der Waals surface area contributed by atoms with Gasteiger partial charge in [-0.3, -0.25) is 10.4 Å². The predicted molar refractivity (Wildman–Crippen MR) is 119 cm³/mol. The maximum absolute atomic E-state index is 12.8. The smallest absolute Gasteiger partial charge is 0.481 e. The van der Waals surface area contributed by atoms with E-state index in [1.54, 1.807) is 6.07 Å². The summed E-state index contributed by atoms with van der Waals surface area (Å²) < 4.78 is 68.2. The molecule has 0 unspecified atom stereocenters. The number of nitriles is 1. The maximum atomic E-state index is 12.8. The molecule has 0 bridgehead atoms. The number of rotatable bonds is 5. The van der Waals surface area contributed by atoms with Crippen molar-refractivity contribution in [1.29, 1.82) is 5.26 Å². The molecule has 0 spiro atoms. The van der Waals surface area contributed by atoms with Crippen molar-refractivity contribution in [2.24, 2.45) is 26.7 Å². The molecule has 0 radical (unpaired) electrons. The van der Waals surface area contributed by atoms with Crippen LogP contribution in [0.3, 0.4) is 0 Å². The Balaban J connectivity index is 0.000000181. The van der Waals surface area contributed by atoms with E-state index in [4.69, 9.17) is 15.6 Å². The van der Waals surface area contributed by atoms with Gasteiger partial charge in [0.1, 0.15) is 0 Å². The molecule has 2 aliphatic carbocycles. The molecule has 4 aliphatic rings. The first-order valence-electron chi connectivity index (χ1n) is 11.2. The molecule has 4 N–H and O–H groups in total. The largest absolute Gasteiger partial charge is 1.00 e. The van der Waals surface area contributed by atoms with Crippen LogP contribution in [0.25, 0.3) is 5.59 Å². The van der Waals surface area contributed by atoms with Crippen molar-refractivity contribution in [3.05, 3.63) is 53.1 Å². The number of aliphatic carboxylic acids is 1. The molecule has 19 heteroatoms. The molecule has 41 heavy (non-hydrogen) atoms. The molecule has 14 nitrogen and oxygen atoms in total. The molecule has 2 heterocycles. The van der Waals surface area contributed by atoms with Gasteiger partial charge in [-0.15, -0.1) is 22.8 Å². The van der Waals surface area contributed by atoms with Crippen molar-refractivity contribution < 1.29 is 81.2 Å². The Labute approximate surface area is 249 Å². The number of nitrogens with two attached hydrogens (primary N) is 1. The van der Waals surface area contributed by atoms with Gasteiger partial charge in [-0.1, -0.05) is 17.4 Å². The van der Waals surface area contributed by atoms with Crippen LogP contribution in [0.15, 0.2) is 57.3 Å². The average Bonchev–Trinajstić information content (AvgIpc) is 3.81. The summed E-state index contributed by atoms with van der Waals surface area (Å²) in [5, 5.41) is 36.4. The fourth-order valence-electron chi connectivity index (χ4n) is 3.89. The molecule has 6 rings (SSSR count). The number of nitrogens with zero attached hydrogens (tertiary/aromatic N) is 6. The molecular weight excluding hydrogens is 573 g/mol. The second kappa shape index (κ2) is 11.9. The van der Waals surface area contributed by atoms with E-state index >= 15 is 0 Å². The van der Waals surface area contributed by atoms with Crippen molar-refractivity contribution in [2.45, 2.75) is 49.1 Å². The van der Waals surface area contributed by atoms with Gasteiger partial charge in [0.2, 0.25) is 0 Å². The summed E-state index contributed by atoms with van der Waals surface area (Å²) in [4.78, 5) is 11.1. The molecule has 0 aromatic heterocycles. The topological polar surface area (TPSA) is 208 Å². The van der Waals surface area contributed by atoms with Crippen LogP contribution in [0.2, 0.25) is 0 Å². The predicted octanol–water partition coefficient (Wildman–Crippen LogP) is 2.05. The number of fused-ring (bicyclic) bond motifs is 2. The van der Waals surface area contributed by atoms with Gasteiger partial charge in [-0.05, 0) is 61.1 Å². The second-order valence-corrected chi connectivity index (χ2v) is 8.71. The van der Waals surface area contributed by atoms with Crippen molar-refractivity contribution in [1.82, 2.24) is 0 Å². The molecule has 0 atom stereocenters. The van der Waals surface area contributed by atoms with Crippen molar-refractivity contribution in [3.8, 4) is 29.1 Å². The van der Waals surface area contributed by atoms with E-state index in [1.165, 1.54) is 30.3 Å². The standard InChI is InChI=1S/C11H7F2NO2.C11H8F2O4.H3N6O.Na/c12-11(13)15-8-2-1-7(5-9(8)16-11)10(6-14)3-4-10;12-11(13)16-7-2-1-6(5-8(7)17-11)10(3-4-10)9(14)15;1-2-3-4-5-6-7;/h1-2,5H,3-4H2;1-2,5H,3-4H2,(H,14,15);(H3-,1,2,3,4,5,6,7);/q;;-1;+1. The third kappa shape index (κ3) is 7.05. The van der Waals surface area contributed by atoms with Crippen LogP contribution in [0.4, 0.5) is 17.6 Å². The molecule has 2 fully saturated rings. The molecule has 0 amide bonds. The average molecular weight is 591 g/mol. The van der Waals surface area contributed by atoms with Gasteiger partial charge in [0.05, 0.1) is 16.9 Å². The van der Waals surface area contributed by atoms with E-state index in [0.717, 1.165) is 18.4 Å². The van der Waals surface area contributed by atoms with Crippen LogP contribution in [0.1, 0.15) is 36.8 Å². The Morgan fingerprint density at radius 1 is 0.878 bits per heavy atom. The Morgan fingerprint density at radius 2 is 1.37 bits per heavy atom. The number of halogens is 4. The molecule has 0 saturated heterocycles. The van der Waals surface area contributed by atoms with Gasteiger partial charge in [-0.2, -0.15) is 5.26 Å². The number of hydrogen-bond donors (Lipinski definition) is 3. The molecule has 2 aromatic rings. The third-order valence-electron chi connectivity index (χ3n) is 6.20. The van der Waals surface area contributed by atoms with Gasteiger partial charge in [0.25, 0.3) is 0 Å². The van der Waals surface area contributed by atoms with Crippen LogP contribution in [0, 0.1) is 11.3 Å². The summed E-state index contributed by atoms with van der Waals surface area (Å²) in [6.45, 7) is 0. The Bertz CT molecular complexity index is 1400. The minimum absolute atomic E-state index is 0. The van der Waals surface area contributed by atoms with Crippen LogP contribution in [0.5, 0.6) is 23.0 Å². The molecule has 2 aromatic carbocycles. The van der Waals surface area contributed by atoms with E-state index in [0.29, 0.717) is 18.4 Å². The number of hydrogen-bond acceptors (Lipinski definition) is 9. The first kappa shape index (κ1) is 31.6. The van der Waals surface area contributed by atoms with Crippen LogP contribution in [-0.2, 0) is 15.6 Å². The number of carbonyl (C=O) groups is 1. The van der Waals surface area contributed by atoms with Crippen LogP contribution >= 0.6 is 0 Å². The quantitative estimate of drug-likeness (QED) is 0.153. The number of benzene rings is 2. The van der Waals surface area contributed by atoms with Gasteiger partial charge in [-0.25, -0.2) is 10.4 Å². The Morgan fingerprint density at radius 3 is 1.78 bits per heavy atom. The molecule has 2 aliphatic heterocycles. The first-order chi connectivity index (χ1) is 18.9. The summed E-state index contributed by atoms with van der Waals surface area (Å²) in [6, 6.07) is 10.8. The fraction of sp³-hybridized carbons (Fsp3) is 0.364. The van der Waals surface area contributed by atoms with Crippen LogP contribution < -0.4 is 54.3 Å². The van der Waals surface area contributed by atoms with Gasteiger partial charge < -0.3 is 35.1 Å². The van der Waals surface area contributed by atoms with Crippen LogP contribution in [-0.4, -0.2) is 28.9 Å². The Hall–Kier alpha value is -3.92. The summed E-state index contributed by atoms with van der Waals surface area (Å²) >= 11 is 0. The molecule has 212 valence electrons. The third-order valence-corrected chi connectivity index (χ3v) is 6.20. The van der Waals surface area contributed by atoms with Gasteiger partial charge in [0, 0.05) is 0 Å². The summed E-state index contributed by atoms with van der Waals surface area (Å²) in [5.41, 5.74) is 1.98. The van der Waals surface area contributed by atoms with Crippen molar-refractivity contribution in [2.75, 3.05) is 0 Å². The molecule has 2 saturated carbocycles. The zero-order valence-electron chi connectivity index (χ0n) is 21.0. The summed E-state index contributed by atoms with van der Waals surface area (Å²) in [7, 11) is 0. The van der Waals surface area contributed by atoms with E-state index in [-0.39, 0.29) is 52.6 Å². The zero-order valence-corrected chi connectivity index (χ0v) is 23.0. The normalized spacial score (nSPS) is 19.9. The zero-order chi connectivity index (χ0) is 29.2. The van der Waals surface area contributed by atoms with E-state index in [1.807, 2.05) is 0 Å². The summed E-state index contributed by atoms with van der Waals surface area (Å²) in [5.74, 6) is 3.35. The minimum atomic E-state index is -3.67. The first-order valence-corrected chi connectivity index (χ1v) is 11.2. The van der Waals surface area contributed by atoms with Crippen molar-refractivity contribution >= 4 is 5.97 Å². The molecular formula is C22H18F4N7NaO7. The van der Waals surface area contributed by atoms with Crippen molar-refractivity contribution in [3.63, 3.8) is 0 Å². The number of carboxylic acids is 1. The number of carboxylic acid groups (broad SMARTS) is 1. The van der Waals surface area contributed by atoms with E-state index in [9.17, 15) is 22.4 Å². The SMILES string of the molecule is N#CC1(c2ccc3c(c2)OC(F)(F)O3)CC1.N/N=N/N=N/[N-]O.O=C(O)C1(c2ccc3c(c2)OC(F)(F)O3)CC1.[Na+]. The number of ether oxygens (including phenoxy) is 4. The van der Waals surface area contributed by atoms with Gasteiger partial charge >= 0.3 is 48.1 Å². The minimum Gasteiger partial charge on any atom is -0.481 e. The Kier molecular flexibility index (Phi) is 9.17. The summed E-state index contributed by atoms with van der Waals surface area (Å²) in [6.07, 6.45) is -4.71. The number of alkyl halides is 4. The van der Waals surface area contributed by atoms with E-state index < -0.39 is 29.4 Å². The maximum Gasteiger partial charge on any atom is 1.00 e.